The fraction of sp³-hybridized carbons (Fsp3) is 0.300. The molecule has 2 aromatic rings. The second kappa shape index (κ2) is 4.03. The molecule has 0 bridgehead atoms. The van der Waals surface area contributed by atoms with Crippen LogP contribution in [0.1, 0.15) is 19.4 Å². The second-order valence-corrected chi connectivity index (χ2v) is 2.50. The number of rotatable bonds is 0. The van der Waals surface area contributed by atoms with Gasteiger partial charge in [0.05, 0.1) is 0 Å². The van der Waals surface area contributed by atoms with Crippen molar-refractivity contribution >= 4 is 5.65 Å². The van der Waals surface area contributed by atoms with Gasteiger partial charge >= 0.3 is 0 Å². The first-order valence-corrected chi connectivity index (χ1v) is 4.36. The first kappa shape index (κ1) is 9.71. The minimum Gasteiger partial charge on any atom is -0.304 e. The number of nitrogens with zero attached hydrogens (tertiary/aromatic N) is 2. The number of halogens is 1. The SMILES string of the molecule is CC.Cc1cc2nccn2cc1F. The van der Waals surface area contributed by atoms with Crippen LogP contribution in [0, 0.1) is 12.7 Å². The minimum absolute atomic E-state index is 0.199. The Morgan fingerprint density at radius 1 is 1.38 bits per heavy atom. The number of aromatic nitrogens is 2. The average molecular weight is 180 g/mol. The average Bonchev–Trinajstić information content (AvgIpc) is 2.56. The highest BCUT2D eigenvalue weighted by Gasteiger charge is 1.99. The van der Waals surface area contributed by atoms with Gasteiger partial charge in [-0.05, 0) is 18.6 Å². The third-order valence-electron chi connectivity index (χ3n) is 1.67. The van der Waals surface area contributed by atoms with Gasteiger partial charge < -0.3 is 4.40 Å². The van der Waals surface area contributed by atoms with E-state index in [0.717, 1.165) is 5.65 Å². The van der Waals surface area contributed by atoms with Crippen molar-refractivity contribution in [2.75, 3.05) is 0 Å². The number of hydrogen-bond acceptors (Lipinski definition) is 1. The molecule has 2 aromatic heterocycles. The quantitative estimate of drug-likeness (QED) is 0.609. The van der Waals surface area contributed by atoms with Crippen molar-refractivity contribution in [3.05, 3.63) is 36.0 Å². The molecule has 2 heterocycles. The highest BCUT2D eigenvalue weighted by atomic mass is 19.1. The molecule has 0 aliphatic heterocycles. The first-order chi connectivity index (χ1) is 6.27. The smallest absolute Gasteiger partial charge is 0.142 e. The van der Waals surface area contributed by atoms with Crippen LogP contribution >= 0.6 is 0 Å². The van der Waals surface area contributed by atoms with Gasteiger partial charge in [-0.2, -0.15) is 0 Å². The molecule has 70 valence electrons. The van der Waals surface area contributed by atoms with Crippen molar-refractivity contribution in [2.24, 2.45) is 0 Å². The van der Waals surface area contributed by atoms with Crippen molar-refractivity contribution in [2.45, 2.75) is 20.8 Å². The molecule has 0 saturated heterocycles. The van der Waals surface area contributed by atoms with E-state index in [-0.39, 0.29) is 5.82 Å². The maximum absolute atomic E-state index is 12.9. The summed E-state index contributed by atoms with van der Waals surface area (Å²) in [6.45, 7) is 5.73. The van der Waals surface area contributed by atoms with E-state index in [1.54, 1.807) is 29.8 Å². The van der Waals surface area contributed by atoms with Crippen LogP contribution in [0.3, 0.4) is 0 Å². The summed E-state index contributed by atoms with van der Waals surface area (Å²) in [6, 6.07) is 1.72. The zero-order valence-corrected chi connectivity index (χ0v) is 8.08. The topological polar surface area (TPSA) is 17.3 Å². The van der Waals surface area contributed by atoms with E-state index in [0.29, 0.717) is 5.56 Å². The Bertz CT molecular complexity index is 357. The molecule has 3 heteroatoms. The predicted molar refractivity (Wildman–Crippen MR) is 51.2 cm³/mol. The molecule has 0 aliphatic rings. The lowest BCUT2D eigenvalue weighted by molar-refractivity contribution is 0.610. The van der Waals surface area contributed by atoms with Gasteiger partial charge in [0.15, 0.2) is 0 Å². The molecule has 0 N–H and O–H groups in total. The fourth-order valence-electron chi connectivity index (χ4n) is 1.03. The highest BCUT2D eigenvalue weighted by molar-refractivity contribution is 5.41. The Hall–Kier alpha value is -1.38. The molecule has 0 saturated carbocycles. The van der Waals surface area contributed by atoms with Gasteiger partial charge in [-0.1, -0.05) is 13.8 Å². The Labute approximate surface area is 77.0 Å². The molecule has 0 fully saturated rings. The molecule has 0 aliphatic carbocycles. The van der Waals surface area contributed by atoms with Gasteiger partial charge in [-0.15, -0.1) is 0 Å². The standard InChI is InChI=1S/C8H7FN2.C2H6/c1-6-4-8-10-2-3-11(8)5-7(6)9;1-2/h2-5H,1H3;1-2H3. The number of imidazole rings is 1. The molecule has 0 radical (unpaired) electrons. The molecule has 0 aromatic carbocycles. The zero-order valence-electron chi connectivity index (χ0n) is 8.08. The molecule has 2 rings (SSSR count). The van der Waals surface area contributed by atoms with Crippen molar-refractivity contribution in [3.63, 3.8) is 0 Å². The minimum atomic E-state index is -0.199. The van der Waals surface area contributed by atoms with Crippen LogP contribution in [0.5, 0.6) is 0 Å². The Morgan fingerprint density at radius 3 is 2.77 bits per heavy atom. The molecular weight excluding hydrogens is 167 g/mol. The summed E-state index contributed by atoms with van der Waals surface area (Å²) in [6.07, 6.45) is 4.80. The maximum atomic E-state index is 12.9. The van der Waals surface area contributed by atoms with Crippen molar-refractivity contribution < 1.29 is 4.39 Å². The summed E-state index contributed by atoms with van der Waals surface area (Å²) in [5.41, 5.74) is 1.41. The summed E-state index contributed by atoms with van der Waals surface area (Å²) in [5.74, 6) is -0.199. The Morgan fingerprint density at radius 2 is 2.08 bits per heavy atom. The van der Waals surface area contributed by atoms with Gasteiger partial charge in [0.25, 0.3) is 0 Å². The lowest BCUT2D eigenvalue weighted by Gasteiger charge is -1.96. The van der Waals surface area contributed by atoms with Crippen LogP contribution in [-0.2, 0) is 0 Å². The van der Waals surface area contributed by atoms with Gasteiger partial charge in [-0.25, -0.2) is 9.37 Å². The zero-order chi connectivity index (χ0) is 9.84. The number of aryl methyl sites for hydroxylation is 1. The summed E-state index contributed by atoms with van der Waals surface area (Å²) in [7, 11) is 0. The van der Waals surface area contributed by atoms with Gasteiger partial charge in [0.1, 0.15) is 11.5 Å². The van der Waals surface area contributed by atoms with Crippen LogP contribution in [0.2, 0.25) is 0 Å². The van der Waals surface area contributed by atoms with Gasteiger partial charge in [0, 0.05) is 18.6 Å². The Balaban J connectivity index is 0.000000396. The summed E-state index contributed by atoms with van der Waals surface area (Å²) in [4.78, 5) is 4.02. The molecule has 2 nitrogen and oxygen atoms in total. The molecule has 0 unspecified atom stereocenters. The van der Waals surface area contributed by atoms with Crippen molar-refractivity contribution in [3.8, 4) is 0 Å². The van der Waals surface area contributed by atoms with Crippen molar-refractivity contribution in [1.29, 1.82) is 0 Å². The number of pyridine rings is 1. The lowest BCUT2D eigenvalue weighted by Crippen LogP contribution is -1.88. The van der Waals surface area contributed by atoms with E-state index in [2.05, 4.69) is 4.98 Å². The molecule has 0 spiro atoms. The van der Waals surface area contributed by atoms with Crippen LogP contribution in [0.15, 0.2) is 24.7 Å². The maximum Gasteiger partial charge on any atom is 0.142 e. The van der Waals surface area contributed by atoms with E-state index in [9.17, 15) is 4.39 Å². The lowest BCUT2D eigenvalue weighted by atomic mass is 10.3. The van der Waals surface area contributed by atoms with E-state index in [1.807, 2.05) is 13.8 Å². The first-order valence-electron chi connectivity index (χ1n) is 4.36. The second-order valence-electron chi connectivity index (χ2n) is 2.50. The summed E-state index contributed by atoms with van der Waals surface area (Å²) in [5, 5.41) is 0. The van der Waals surface area contributed by atoms with Crippen LogP contribution < -0.4 is 0 Å². The molecule has 13 heavy (non-hydrogen) atoms. The van der Waals surface area contributed by atoms with Gasteiger partial charge in [-0.3, -0.25) is 0 Å². The van der Waals surface area contributed by atoms with Crippen LogP contribution in [0.25, 0.3) is 5.65 Å². The van der Waals surface area contributed by atoms with E-state index in [4.69, 9.17) is 0 Å². The third-order valence-corrected chi connectivity index (χ3v) is 1.67. The fourth-order valence-corrected chi connectivity index (χ4v) is 1.03. The highest BCUT2D eigenvalue weighted by Crippen LogP contribution is 2.08. The summed E-state index contributed by atoms with van der Waals surface area (Å²) < 4.78 is 14.5. The molecule has 0 atom stereocenters. The van der Waals surface area contributed by atoms with E-state index >= 15 is 0 Å². The predicted octanol–water partition coefficient (Wildman–Crippen LogP) is 2.81. The number of fused-ring (bicyclic) bond motifs is 1. The largest absolute Gasteiger partial charge is 0.304 e. The third kappa shape index (κ3) is 1.86. The van der Waals surface area contributed by atoms with Crippen LogP contribution in [-0.4, -0.2) is 9.38 Å². The van der Waals surface area contributed by atoms with E-state index < -0.39 is 0 Å². The molecular formula is C10H13FN2. The van der Waals surface area contributed by atoms with Crippen LogP contribution in [0.4, 0.5) is 4.39 Å². The summed E-state index contributed by atoms with van der Waals surface area (Å²) >= 11 is 0. The van der Waals surface area contributed by atoms with E-state index in [1.165, 1.54) is 6.20 Å². The van der Waals surface area contributed by atoms with Crippen molar-refractivity contribution in [1.82, 2.24) is 9.38 Å². The normalized spacial score (nSPS) is 9.54. The van der Waals surface area contributed by atoms with Gasteiger partial charge in [0.2, 0.25) is 0 Å². The number of hydrogen-bond donors (Lipinski definition) is 0. The Kier molecular flexibility index (Phi) is 3.01. The monoisotopic (exact) mass is 180 g/mol. The molecule has 0 amide bonds.